The second kappa shape index (κ2) is 7.09. The summed E-state index contributed by atoms with van der Waals surface area (Å²) >= 11 is 0. The van der Waals surface area contributed by atoms with Gasteiger partial charge >= 0.3 is 0 Å². The maximum Gasteiger partial charge on any atom is 0.211 e. The minimum Gasteiger partial charge on any atom is -0.492 e. The van der Waals surface area contributed by atoms with Crippen LogP contribution in [0.2, 0.25) is 0 Å². The number of sulfonamides is 1. The molecule has 0 atom stereocenters. The fourth-order valence-corrected chi connectivity index (χ4v) is 2.83. The zero-order valence-electron chi connectivity index (χ0n) is 12.8. The Kier molecular flexibility index (Phi) is 6.02. The molecule has 1 N–H and O–H groups in total. The number of benzene rings is 1. The van der Waals surface area contributed by atoms with Gasteiger partial charge in [0, 0.05) is 6.54 Å². The van der Waals surface area contributed by atoms with Crippen molar-refractivity contribution in [2.24, 2.45) is 0 Å². The van der Waals surface area contributed by atoms with Crippen molar-refractivity contribution in [1.29, 1.82) is 0 Å². The van der Waals surface area contributed by atoms with Crippen molar-refractivity contribution < 1.29 is 13.2 Å². The third kappa shape index (κ3) is 5.92. The van der Waals surface area contributed by atoms with E-state index in [-0.39, 0.29) is 11.2 Å². The molecular weight excluding hydrogens is 274 g/mol. The minimum atomic E-state index is -3.14. The number of hydrogen-bond donors (Lipinski definition) is 1. The topological polar surface area (TPSA) is 55.4 Å². The molecule has 4 nitrogen and oxygen atoms in total. The summed E-state index contributed by atoms with van der Waals surface area (Å²) in [6, 6.07) is 7.91. The van der Waals surface area contributed by atoms with Gasteiger partial charge < -0.3 is 4.74 Å². The van der Waals surface area contributed by atoms with E-state index in [1.165, 1.54) is 5.56 Å². The van der Waals surface area contributed by atoms with Crippen LogP contribution in [0.3, 0.4) is 0 Å². The van der Waals surface area contributed by atoms with Crippen molar-refractivity contribution in [3.8, 4) is 5.75 Å². The third-order valence-corrected chi connectivity index (χ3v) is 4.48. The molecule has 5 heteroatoms. The SMILES string of the molecule is CCCS(=O)(=O)NCCOc1ccc(C(C)(C)C)cc1. The monoisotopic (exact) mass is 299 g/mol. The molecule has 0 unspecified atom stereocenters. The normalized spacial score (nSPS) is 12.4. The van der Waals surface area contributed by atoms with Gasteiger partial charge in [0.25, 0.3) is 0 Å². The van der Waals surface area contributed by atoms with Crippen LogP contribution < -0.4 is 9.46 Å². The molecular formula is C15H25NO3S. The first-order valence-corrected chi connectivity index (χ1v) is 8.60. The highest BCUT2D eigenvalue weighted by molar-refractivity contribution is 7.89. The molecule has 0 saturated heterocycles. The van der Waals surface area contributed by atoms with Gasteiger partial charge in [0.05, 0.1) is 5.75 Å². The van der Waals surface area contributed by atoms with E-state index >= 15 is 0 Å². The van der Waals surface area contributed by atoms with E-state index in [2.05, 4.69) is 25.5 Å². The maximum atomic E-state index is 11.4. The summed E-state index contributed by atoms with van der Waals surface area (Å²) in [4.78, 5) is 0. The lowest BCUT2D eigenvalue weighted by atomic mass is 9.87. The molecule has 0 bridgehead atoms. The van der Waals surface area contributed by atoms with Crippen molar-refractivity contribution >= 4 is 10.0 Å². The van der Waals surface area contributed by atoms with Crippen LogP contribution in [0.5, 0.6) is 5.75 Å². The maximum absolute atomic E-state index is 11.4. The van der Waals surface area contributed by atoms with Gasteiger partial charge in [-0.05, 0) is 29.5 Å². The highest BCUT2D eigenvalue weighted by Gasteiger charge is 2.13. The fraction of sp³-hybridized carbons (Fsp3) is 0.600. The van der Waals surface area contributed by atoms with Crippen LogP contribution in [0.1, 0.15) is 39.7 Å². The van der Waals surface area contributed by atoms with Crippen LogP contribution in [0.15, 0.2) is 24.3 Å². The number of ether oxygens (including phenoxy) is 1. The predicted molar refractivity (Wildman–Crippen MR) is 82.7 cm³/mol. The lowest BCUT2D eigenvalue weighted by Gasteiger charge is -2.19. The summed E-state index contributed by atoms with van der Waals surface area (Å²) in [6.45, 7) is 8.94. The first kappa shape index (κ1) is 17.0. The van der Waals surface area contributed by atoms with E-state index in [1.807, 2.05) is 31.2 Å². The van der Waals surface area contributed by atoms with Gasteiger partial charge in [0.1, 0.15) is 12.4 Å². The lowest BCUT2D eigenvalue weighted by molar-refractivity contribution is 0.322. The van der Waals surface area contributed by atoms with E-state index in [1.54, 1.807) is 0 Å². The van der Waals surface area contributed by atoms with Crippen molar-refractivity contribution in [2.75, 3.05) is 18.9 Å². The van der Waals surface area contributed by atoms with Gasteiger partial charge in [-0.1, -0.05) is 39.8 Å². The fourth-order valence-electron chi connectivity index (χ4n) is 1.76. The zero-order valence-corrected chi connectivity index (χ0v) is 13.6. The molecule has 20 heavy (non-hydrogen) atoms. The molecule has 0 heterocycles. The van der Waals surface area contributed by atoms with Gasteiger partial charge in [0.15, 0.2) is 0 Å². The molecule has 0 spiro atoms. The van der Waals surface area contributed by atoms with Gasteiger partial charge in [-0.2, -0.15) is 0 Å². The van der Waals surface area contributed by atoms with Crippen LogP contribution in [0.25, 0.3) is 0 Å². The Morgan fingerprint density at radius 1 is 1.15 bits per heavy atom. The average Bonchev–Trinajstić information content (AvgIpc) is 2.34. The largest absolute Gasteiger partial charge is 0.492 e. The van der Waals surface area contributed by atoms with E-state index < -0.39 is 10.0 Å². The van der Waals surface area contributed by atoms with E-state index in [4.69, 9.17) is 4.74 Å². The Balaban J connectivity index is 2.40. The summed E-state index contributed by atoms with van der Waals surface area (Å²) in [6.07, 6.45) is 0.616. The molecule has 0 fully saturated rings. The number of hydrogen-bond acceptors (Lipinski definition) is 3. The second-order valence-corrected chi connectivity index (χ2v) is 7.76. The summed E-state index contributed by atoms with van der Waals surface area (Å²) in [7, 11) is -3.14. The van der Waals surface area contributed by atoms with Crippen LogP contribution in [0.4, 0.5) is 0 Å². The molecule has 1 aromatic carbocycles. The Labute approximate surface area is 122 Å². The summed E-state index contributed by atoms with van der Waals surface area (Å²) in [5.41, 5.74) is 1.36. The van der Waals surface area contributed by atoms with Gasteiger partial charge in [-0.15, -0.1) is 0 Å². The molecule has 0 aromatic heterocycles. The predicted octanol–water partition coefficient (Wildman–Crippen LogP) is 2.69. The molecule has 1 rings (SSSR count). The molecule has 114 valence electrons. The molecule has 0 saturated carbocycles. The lowest BCUT2D eigenvalue weighted by Crippen LogP contribution is -2.30. The molecule has 0 aliphatic heterocycles. The Hall–Kier alpha value is -1.07. The Morgan fingerprint density at radius 3 is 2.25 bits per heavy atom. The molecule has 0 aliphatic rings. The van der Waals surface area contributed by atoms with E-state index in [0.717, 1.165) is 5.75 Å². The zero-order chi connectivity index (χ0) is 15.2. The highest BCUT2D eigenvalue weighted by Crippen LogP contribution is 2.24. The number of rotatable bonds is 7. The van der Waals surface area contributed by atoms with E-state index in [9.17, 15) is 8.42 Å². The average molecular weight is 299 g/mol. The first-order chi connectivity index (χ1) is 9.24. The van der Waals surface area contributed by atoms with Crippen LogP contribution in [0, 0.1) is 0 Å². The third-order valence-electron chi connectivity index (χ3n) is 2.89. The Morgan fingerprint density at radius 2 is 1.75 bits per heavy atom. The smallest absolute Gasteiger partial charge is 0.211 e. The number of nitrogens with one attached hydrogen (secondary N) is 1. The quantitative estimate of drug-likeness (QED) is 0.788. The Bertz CT molecular complexity index is 501. The van der Waals surface area contributed by atoms with Gasteiger partial charge in [-0.25, -0.2) is 13.1 Å². The van der Waals surface area contributed by atoms with Crippen molar-refractivity contribution in [2.45, 2.75) is 39.5 Å². The minimum absolute atomic E-state index is 0.119. The van der Waals surface area contributed by atoms with Crippen LogP contribution in [-0.2, 0) is 15.4 Å². The van der Waals surface area contributed by atoms with Gasteiger partial charge in [0.2, 0.25) is 10.0 Å². The molecule has 0 radical (unpaired) electrons. The van der Waals surface area contributed by atoms with Gasteiger partial charge in [-0.3, -0.25) is 0 Å². The second-order valence-electron chi connectivity index (χ2n) is 5.84. The first-order valence-electron chi connectivity index (χ1n) is 6.95. The molecule has 0 amide bonds. The summed E-state index contributed by atoms with van der Waals surface area (Å²) in [5, 5.41) is 0. The van der Waals surface area contributed by atoms with Crippen molar-refractivity contribution in [1.82, 2.24) is 4.72 Å². The summed E-state index contributed by atoms with van der Waals surface area (Å²) < 4.78 is 30.9. The highest BCUT2D eigenvalue weighted by atomic mass is 32.2. The molecule has 1 aromatic rings. The van der Waals surface area contributed by atoms with Crippen LogP contribution in [-0.4, -0.2) is 27.3 Å². The van der Waals surface area contributed by atoms with Crippen molar-refractivity contribution in [3.05, 3.63) is 29.8 Å². The van der Waals surface area contributed by atoms with Crippen molar-refractivity contribution in [3.63, 3.8) is 0 Å². The molecule has 0 aliphatic carbocycles. The van der Waals surface area contributed by atoms with Crippen LogP contribution >= 0.6 is 0 Å². The standard InChI is InChI=1S/C15H25NO3S/c1-5-12-20(17,18)16-10-11-19-14-8-6-13(7-9-14)15(2,3)4/h6-9,16H,5,10-12H2,1-4H3. The van der Waals surface area contributed by atoms with E-state index in [0.29, 0.717) is 19.6 Å². The summed E-state index contributed by atoms with van der Waals surface area (Å²) in [5.74, 6) is 0.917.